The van der Waals surface area contributed by atoms with Crippen molar-refractivity contribution in [3.05, 3.63) is 29.3 Å². The Morgan fingerprint density at radius 2 is 1.95 bits per heavy atom. The summed E-state index contributed by atoms with van der Waals surface area (Å²) in [6.07, 6.45) is 5.44. The molecule has 0 unspecified atom stereocenters. The number of benzene rings is 1. The van der Waals surface area contributed by atoms with E-state index in [-0.39, 0.29) is 18.5 Å². The van der Waals surface area contributed by atoms with Crippen LogP contribution in [0.5, 0.6) is 0 Å². The summed E-state index contributed by atoms with van der Waals surface area (Å²) in [7, 11) is 0. The Labute approximate surface area is 135 Å². The van der Waals surface area contributed by atoms with Crippen LogP contribution >= 0.6 is 11.6 Å². The Morgan fingerprint density at radius 3 is 2.59 bits per heavy atom. The molecule has 4 nitrogen and oxygen atoms in total. The number of amides is 1. The number of ether oxygens (including phenoxy) is 1. The maximum Gasteiger partial charge on any atom is 0.306 e. The first-order valence-electron chi connectivity index (χ1n) is 7.81. The number of anilines is 1. The van der Waals surface area contributed by atoms with Gasteiger partial charge in [0.05, 0.1) is 0 Å². The number of carbonyl (C=O) groups excluding carboxylic acids is 2. The van der Waals surface area contributed by atoms with Gasteiger partial charge in [0.15, 0.2) is 6.61 Å². The first-order valence-corrected chi connectivity index (χ1v) is 8.19. The number of halogens is 1. The molecule has 118 valence electrons. The molecular weight excluding hydrogens is 302 g/mol. The van der Waals surface area contributed by atoms with E-state index in [4.69, 9.17) is 16.3 Å². The lowest BCUT2D eigenvalue weighted by Gasteiger charge is -2.20. The molecule has 0 radical (unpaired) electrons. The maximum absolute atomic E-state index is 11.9. The Morgan fingerprint density at radius 1 is 1.18 bits per heavy atom. The van der Waals surface area contributed by atoms with Crippen molar-refractivity contribution in [1.29, 1.82) is 0 Å². The highest BCUT2D eigenvalue weighted by Gasteiger charge is 2.40. The molecule has 2 aliphatic rings. The average molecular weight is 322 g/mol. The zero-order valence-corrected chi connectivity index (χ0v) is 13.1. The molecule has 1 aromatic carbocycles. The molecule has 3 rings (SSSR count). The standard InChI is InChI=1S/C17H20ClNO3/c18-14-3-5-15(6-4-14)19-16(20)10-22-17(21)9-13-8-11-1-2-12(13)7-11/h3-6,11-13H,1-2,7-10H2,(H,19,20)/t11-,12+,13+/m0/s1. The smallest absolute Gasteiger partial charge is 0.306 e. The molecule has 5 heteroatoms. The third kappa shape index (κ3) is 3.80. The average Bonchev–Trinajstić information content (AvgIpc) is 3.10. The molecule has 2 aliphatic carbocycles. The largest absolute Gasteiger partial charge is 0.456 e. The van der Waals surface area contributed by atoms with Gasteiger partial charge in [-0.05, 0) is 61.3 Å². The zero-order valence-electron chi connectivity index (χ0n) is 12.4. The van der Waals surface area contributed by atoms with Gasteiger partial charge < -0.3 is 10.1 Å². The van der Waals surface area contributed by atoms with Gasteiger partial charge in [-0.15, -0.1) is 0 Å². The number of rotatable bonds is 5. The van der Waals surface area contributed by atoms with E-state index in [0.717, 1.165) is 12.3 Å². The summed E-state index contributed by atoms with van der Waals surface area (Å²) < 4.78 is 5.09. The van der Waals surface area contributed by atoms with Crippen molar-refractivity contribution in [1.82, 2.24) is 0 Å². The van der Waals surface area contributed by atoms with Gasteiger partial charge in [-0.25, -0.2) is 0 Å². The van der Waals surface area contributed by atoms with Crippen molar-refractivity contribution < 1.29 is 14.3 Å². The summed E-state index contributed by atoms with van der Waals surface area (Å²) >= 11 is 5.78. The predicted octanol–water partition coefficient (Wildman–Crippen LogP) is 3.65. The molecule has 0 heterocycles. The minimum atomic E-state index is -0.330. The second-order valence-electron chi connectivity index (χ2n) is 6.35. The molecule has 0 spiro atoms. The molecule has 1 aromatic rings. The van der Waals surface area contributed by atoms with Crippen molar-refractivity contribution in [2.75, 3.05) is 11.9 Å². The van der Waals surface area contributed by atoms with Crippen molar-refractivity contribution in [3.63, 3.8) is 0 Å². The van der Waals surface area contributed by atoms with E-state index in [9.17, 15) is 9.59 Å². The van der Waals surface area contributed by atoms with Crippen LogP contribution in [-0.2, 0) is 14.3 Å². The van der Waals surface area contributed by atoms with Crippen LogP contribution in [0.2, 0.25) is 5.02 Å². The minimum Gasteiger partial charge on any atom is -0.456 e. The molecule has 0 aliphatic heterocycles. The van der Waals surface area contributed by atoms with Crippen LogP contribution in [-0.4, -0.2) is 18.5 Å². The summed E-state index contributed by atoms with van der Waals surface area (Å²) in [6, 6.07) is 6.80. The van der Waals surface area contributed by atoms with Crippen LogP contribution in [0.25, 0.3) is 0 Å². The fourth-order valence-corrected chi connectivity index (χ4v) is 3.90. The number of hydrogen-bond acceptors (Lipinski definition) is 3. The van der Waals surface area contributed by atoms with Crippen LogP contribution < -0.4 is 5.32 Å². The van der Waals surface area contributed by atoms with Gasteiger partial charge in [-0.1, -0.05) is 18.0 Å². The number of hydrogen-bond donors (Lipinski definition) is 1. The van der Waals surface area contributed by atoms with E-state index in [1.807, 2.05) is 0 Å². The number of nitrogens with one attached hydrogen (secondary N) is 1. The van der Waals surface area contributed by atoms with E-state index in [1.165, 1.54) is 19.3 Å². The van der Waals surface area contributed by atoms with E-state index < -0.39 is 0 Å². The Bertz CT molecular complexity index is 558. The highest BCUT2D eigenvalue weighted by atomic mass is 35.5. The summed E-state index contributed by atoms with van der Waals surface area (Å²) in [5.74, 6) is 1.38. The number of esters is 1. The first kappa shape index (κ1) is 15.3. The summed E-state index contributed by atoms with van der Waals surface area (Å²) in [4.78, 5) is 23.6. The van der Waals surface area contributed by atoms with E-state index in [0.29, 0.717) is 29.0 Å². The Kier molecular flexibility index (Phi) is 4.67. The third-order valence-corrected chi connectivity index (χ3v) is 5.06. The van der Waals surface area contributed by atoms with Crippen LogP contribution in [0.4, 0.5) is 5.69 Å². The van der Waals surface area contributed by atoms with E-state index >= 15 is 0 Å². The van der Waals surface area contributed by atoms with Crippen molar-refractivity contribution in [2.24, 2.45) is 17.8 Å². The summed E-state index contributed by atoms with van der Waals surface area (Å²) in [5, 5.41) is 3.28. The van der Waals surface area contributed by atoms with Gasteiger partial charge in [0.1, 0.15) is 0 Å². The number of fused-ring (bicyclic) bond motifs is 2. The normalized spacial score (nSPS) is 26.0. The van der Waals surface area contributed by atoms with Crippen LogP contribution in [0.3, 0.4) is 0 Å². The second-order valence-corrected chi connectivity index (χ2v) is 6.79. The SMILES string of the molecule is O=C(COC(=O)C[C@H]1C[C@H]2CC[C@@H]1C2)Nc1ccc(Cl)cc1. The van der Waals surface area contributed by atoms with Crippen molar-refractivity contribution in [2.45, 2.75) is 32.1 Å². The lowest BCUT2D eigenvalue weighted by molar-refractivity contribution is -0.148. The molecule has 2 bridgehead atoms. The third-order valence-electron chi connectivity index (χ3n) is 4.81. The highest BCUT2D eigenvalue weighted by Crippen LogP contribution is 2.49. The molecule has 2 fully saturated rings. The minimum absolute atomic E-state index is 0.234. The van der Waals surface area contributed by atoms with E-state index in [1.54, 1.807) is 24.3 Å². The molecule has 3 atom stereocenters. The molecular formula is C17H20ClNO3. The Balaban J connectivity index is 1.39. The molecule has 0 aromatic heterocycles. The van der Waals surface area contributed by atoms with Gasteiger partial charge in [-0.3, -0.25) is 9.59 Å². The zero-order chi connectivity index (χ0) is 15.5. The van der Waals surface area contributed by atoms with Crippen LogP contribution in [0.15, 0.2) is 24.3 Å². The van der Waals surface area contributed by atoms with Crippen molar-refractivity contribution in [3.8, 4) is 0 Å². The fraction of sp³-hybridized carbons (Fsp3) is 0.529. The molecule has 1 amide bonds. The quantitative estimate of drug-likeness (QED) is 0.842. The predicted molar refractivity (Wildman–Crippen MR) is 84.6 cm³/mol. The fourth-order valence-electron chi connectivity index (χ4n) is 3.78. The topological polar surface area (TPSA) is 55.4 Å². The summed E-state index contributed by atoms with van der Waals surface area (Å²) in [5.41, 5.74) is 0.638. The lowest BCUT2D eigenvalue weighted by Crippen LogP contribution is -2.23. The van der Waals surface area contributed by atoms with Gasteiger partial charge in [0.2, 0.25) is 0 Å². The van der Waals surface area contributed by atoms with Gasteiger partial charge in [-0.2, -0.15) is 0 Å². The van der Waals surface area contributed by atoms with Crippen LogP contribution in [0.1, 0.15) is 32.1 Å². The van der Waals surface area contributed by atoms with Gasteiger partial charge in [0, 0.05) is 17.1 Å². The summed E-state index contributed by atoms with van der Waals surface area (Å²) in [6.45, 7) is -0.234. The number of carbonyl (C=O) groups is 2. The molecule has 2 saturated carbocycles. The maximum atomic E-state index is 11.9. The van der Waals surface area contributed by atoms with Gasteiger partial charge >= 0.3 is 5.97 Å². The molecule has 0 saturated heterocycles. The van der Waals surface area contributed by atoms with Crippen LogP contribution in [0, 0.1) is 17.8 Å². The van der Waals surface area contributed by atoms with Gasteiger partial charge in [0.25, 0.3) is 5.91 Å². The molecule has 22 heavy (non-hydrogen) atoms. The lowest BCUT2D eigenvalue weighted by atomic mass is 9.86. The van der Waals surface area contributed by atoms with E-state index in [2.05, 4.69) is 5.32 Å². The van der Waals surface area contributed by atoms with Crippen molar-refractivity contribution >= 4 is 29.2 Å². The second kappa shape index (κ2) is 6.69. The monoisotopic (exact) mass is 321 g/mol. The highest BCUT2D eigenvalue weighted by molar-refractivity contribution is 6.30. The first-order chi connectivity index (χ1) is 10.6. The Hall–Kier alpha value is -1.55. The molecule has 1 N–H and O–H groups in total.